The highest BCUT2D eigenvalue weighted by molar-refractivity contribution is 6.02. The molecule has 4 aliphatic rings. The van der Waals surface area contributed by atoms with E-state index >= 15 is 0 Å². The Morgan fingerprint density at radius 1 is 0.917 bits per heavy atom. The van der Waals surface area contributed by atoms with Gasteiger partial charge in [0, 0.05) is 69.9 Å². The average Bonchev–Trinajstić information content (AvgIpc) is 3.85. The molecule has 3 aromatic rings. The van der Waals surface area contributed by atoms with E-state index in [1.807, 2.05) is 12.1 Å². The van der Waals surface area contributed by atoms with Crippen LogP contribution in [0.2, 0.25) is 0 Å². The van der Waals surface area contributed by atoms with Crippen molar-refractivity contribution >= 4 is 34.6 Å². The average molecular weight is 661 g/mol. The number of hydrogen-bond donors (Lipinski definition) is 2. The van der Waals surface area contributed by atoms with Crippen LogP contribution in [0.1, 0.15) is 43.7 Å². The van der Waals surface area contributed by atoms with E-state index in [1.165, 1.54) is 44.4 Å². The van der Waals surface area contributed by atoms with Crippen LogP contribution in [0.25, 0.3) is 0 Å². The van der Waals surface area contributed by atoms with Gasteiger partial charge in [0.25, 0.3) is 0 Å². The number of ether oxygens (including phenoxy) is 1. The molecule has 0 spiro atoms. The van der Waals surface area contributed by atoms with Gasteiger partial charge < -0.3 is 20.3 Å². The molecule has 7 rings (SSSR count). The van der Waals surface area contributed by atoms with Crippen LogP contribution in [0.5, 0.6) is 5.75 Å². The molecule has 0 unspecified atom stereocenters. The van der Waals surface area contributed by atoms with Gasteiger partial charge in [-0.25, -0.2) is 23.8 Å². The van der Waals surface area contributed by atoms with Crippen LogP contribution < -0.4 is 25.3 Å². The fraction of sp³-hybridized carbons (Fsp3) is 0.457. The summed E-state index contributed by atoms with van der Waals surface area (Å²) in [6, 6.07) is 10.4. The monoisotopic (exact) mass is 660 g/mol. The Kier molecular flexibility index (Phi) is 9.42. The summed E-state index contributed by atoms with van der Waals surface area (Å²) in [7, 11) is 1.61. The molecule has 11 nitrogen and oxygen atoms in total. The van der Waals surface area contributed by atoms with Gasteiger partial charge in [0.05, 0.1) is 36.8 Å². The van der Waals surface area contributed by atoms with Gasteiger partial charge in [0.15, 0.2) is 17.5 Å². The predicted molar refractivity (Wildman–Crippen MR) is 181 cm³/mol. The van der Waals surface area contributed by atoms with Crippen LogP contribution in [0.15, 0.2) is 55.4 Å². The quantitative estimate of drug-likeness (QED) is 0.280. The van der Waals surface area contributed by atoms with Crippen LogP contribution in [0.3, 0.4) is 0 Å². The zero-order valence-corrected chi connectivity index (χ0v) is 27.2. The van der Waals surface area contributed by atoms with Crippen LogP contribution in [0.4, 0.5) is 37.5 Å². The first-order chi connectivity index (χ1) is 23.4. The lowest BCUT2D eigenvalue weighted by molar-refractivity contribution is -0.111. The number of carbonyl (C=O) groups excluding carboxylic acids is 1. The minimum Gasteiger partial charge on any atom is -0.494 e. The largest absolute Gasteiger partial charge is 0.494 e. The minimum absolute atomic E-state index is 0.311. The molecule has 4 fully saturated rings. The summed E-state index contributed by atoms with van der Waals surface area (Å²) in [5, 5.41) is 7.89. The number of hydrogen-bond acceptors (Lipinski definition) is 10. The number of nitrogens with one attached hydrogen (secondary N) is 2. The summed E-state index contributed by atoms with van der Waals surface area (Å²) < 4.78 is 33.5. The van der Waals surface area contributed by atoms with E-state index in [0.29, 0.717) is 53.4 Å². The number of methoxy groups -OCH3 is 1. The molecule has 1 saturated carbocycles. The first-order valence-corrected chi connectivity index (χ1v) is 16.7. The van der Waals surface area contributed by atoms with Gasteiger partial charge in [-0.3, -0.25) is 19.4 Å². The number of halogens is 2. The highest BCUT2D eigenvalue weighted by Crippen LogP contribution is 2.41. The van der Waals surface area contributed by atoms with E-state index in [0.717, 1.165) is 56.8 Å². The third-order valence-electron chi connectivity index (χ3n) is 9.87. The number of piperazine rings is 1. The Morgan fingerprint density at radius 2 is 1.65 bits per heavy atom. The maximum absolute atomic E-state index is 14.0. The molecule has 254 valence electrons. The molecule has 1 atom stereocenters. The van der Waals surface area contributed by atoms with E-state index in [-0.39, 0.29) is 11.9 Å². The molecule has 1 amide bonds. The number of carbonyl (C=O) groups is 1. The van der Waals surface area contributed by atoms with E-state index in [2.05, 4.69) is 41.9 Å². The third-order valence-corrected chi connectivity index (χ3v) is 9.87. The number of benzene rings is 2. The normalized spacial score (nSPS) is 20.9. The van der Waals surface area contributed by atoms with Crippen molar-refractivity contribution in [3.63, 3.8) is 0 Å². The maximum atomic E-state index is 14.0. The van der Waals surface area contributed by atoms with Gasteiger partial charge in [0.2, 0.25) is 5.91 Å². The van der Waals surface area contributed by atoms with Crippen molar-refractivity contribution in [2.45, 2.75) is 50.2 Å². The molecule has 0 bridgehead atoms. The molecular formula is C35H42F2N8O3. The molecular weight excluding hydrogens is 618 g/mol. The summed E-state index contributed by atoms with van der Waals surface area (Å²) in [5.41, 5.74) is 2.69. The fourth-order valence-corrected chi connectivity index (χ4v) is 7.15. The van der Waals surface area contributed by atoms with Crippen molar-refractivity contribution in [1.29, 1.82) is 0 Å². The number of rotatable bonds is 10. The second kappa shape index (κ2) is 14.0. The Hall–Kier alpha value is -4.33. The summed E-state index contributed by atoms with van der Waals surface area (Å²) in [4.78, 5) is 34.8. The Balaban J connectivity index is 1.08. The summed E-state index contributed by atoms with van der Waals surface area (Å²) in [5.74, 6) is -0.637. The smallest absolute Gasteiger partial charge is 0.247 e. The number of piperidine rings is 1. The lowest BCUT2D eigenvalue weighted by Crippen LogP contribution is -2.53. The fourth-order valence-electron chi connectivity index (χ4n) is 7.15. The number of hydroxylamine groups is 1. The first-order valence-electron chi connectivity index (χ1n) is 16.7. The second-order valence-electron chi connectivity index (χ2n) is 12.8. The Labute approximate surface area is 279 Å². The summed E-state index contributed by atoms with van der Waals surface area (Å²) in [6.45, 7) is 10.4. The van der Waals surface area contributed by atoms with Crippen LogP contribution in [-0.2, 0) is 9.63 Å². The Morgan fingerprint density at radius 3 is 2.31 bits per heavy atom. The molecule has 1 aliphatic carbocycles. The topological polar surface area (TPSA) is 98.3 Å². The van der Waals surface area contributed by atoms with Crippen molar-refractivity contribution in [2.24, 2.45) is 0 Å². The van der Waals surface area contributed by atoms with Crippen molar-refractivity contribution in [2.75, 3.05) is 73.6 Å². The molecule has 2 N–H and O–H groups in total. The van der Waals surface area contributed by atoms with Gasteiger partial charge in [-0.05, 0) is 55.5 Å². The number of aromatic nitrogens is 2. The maximum Gasteiger partial charge on any atom is 0.247 e. The Bertz CT molecular complexity index is 1640. The lowest BCUT2D eigenvalue weighted by atomic mass is 10.0. The van der Waals surface area contributed by atoms with Crippen molar-refractivity contribution in [3.05, 3.63) is 72.6 Å². The van der Waals surface area contributed by atoms with Crippen LogP contribution >= 0.6 is 0 Å². The van der Waals surface area contributed by atoms with Gasteiger partial charge in [0.1, 0.15) is 17.9 Å². The number of amides is 1. The number of nitrogens with zero attached hydrogens (tertiary/aromatic N) is 6. The summed E-state index contributed by atoms with van der Waals surface area (Å²) >= 11 is 0. The summed E-state index contributed by atoms with van der Waals surface area (Å²) in [6.07, 6.45) is 8.05. The SMILES string of the molecule is C=CC(=O)Nc1cc(Nc2cc(N3OCC[C@@H]3c3ccc(F)c(F)c3)ncn2)c(OC)cc1N1CCC(N2CCN(C3CC3)CC2)CC1. The highest BCUT2D eigenvalue weighted by Gasteiger charge is 2.34. The molecule has 1 aromatic heterocycles. The van der Waals surface area contributed by atoms with E-state index in [1.54, 1.807) is 24.3 Å². The minimum atomic E-state index is -0.911. The van der Waals surface area contributed by atoms with Gasteiger partial charge in [-0.15, -0.1) is 0 Å². The van der Waals surface area contributed by atoms with E-state index in [9.17, 15) is 13.6 Å². The first kappa shape index (κ1) is 32.2. The molecule has 3 aliphatic heterocycles. The molecule has 4 heterocycles. The van der Waals surface area contributed by atoms with E-state index < -0.39 is 11.6 Å². The zero-order chi connectivity index (χ0) is 33.2. The third kappa shape index (κ3) is 6.94. The van der Waals surface area contributed by atoms with Gasteiger partial charge in [-0.1, -0.05) is 12.6 Å². The van der Waals surface area contributed by atoms with E-state index in [4.69, 9.17) is 9.57 Å². The van der Waals surface area contributed by atoms with Crippen LogP contribution in [0, 0.1) is 11.6 Å². The zero-order valence-electron chi connectivity index (χ0n) is 27.2. The lowest BCUT2D eigenvalue weighted by Gasteiger charge is -2.43. The van der Waals surface area contributed by atoms with Crippen LogP contribution in [-0.4, -0.2) is 90.7 Å². The van der Waals surface area contributed by atoms with Crippen molar-refractivity contribution in [3.8, 4) is 5.75 Å². The molecule has 13 heteroatoms. The molecule has 48 heavy (non-hydrogen) atoms. The standard InChI is InChI=1S/C35H42F2N8O3/c1-3-35(46)41-28-19-29(40-33-21-34(39-22-38-33)45-30(10-17-48-45)23-4-7-26(36)27(37)18-23)32(47-2)20-31(28)44-11-8-25(9-12-44)43-15-13-42(14-16-43)24-5-6-24/h3-4,7,18-22,24-25,30H,1,5-6,8-17H2,2H3,(H,41,46)(H,38,39,40)/t30-/m1/s1. The molecule has 0 radical (unpaired) electrons. The highest BCUT2D eigenvalue weighted by atomic mass is 19.2. The molecule has 2 aromatic carbocycles. The number of anilines is 5. The molecule has 3 saturated heterocycles. The van der Waals surface area contributed by atoms with Crippen molar-refractivity contribution in [1.82, 2.24) is 19.8 Å². The van der Waals surface area contributed by atoms with Gasteiger partial charge in [-0.2, -0.15) is 0 Å². The predicted octanol–water partition coefficient (Wildman–Crippen LogP) is 5.26. The van der Waals surface area contributed by atoms with Crippen molar-refractivity contribution < 1.29 is 23.1 Å². The van der Waals surface area contributed by atoms with Gasteiger partial charge >= 0.3 is 0 Å². The second-order valence-corrected chi connectivity index (χ2v) is 12.8.